The first-order valence-electron chi connectivity index (χ1n) is 8.34. The number of nitro benzene ring substituents is 1. The zero-order valence-corrected chi connectivity index (χ0v) is 14.8. The highest BCUT2D eigenvalue weighted by Gasteiger charge is 2.16. The number of nitro groups is 1. The molecule has 0 spiro atoms. The first-order valence-corrected chi connectivity index (χ1v) is 8.34. The summed E-state index contributed by atoms with van der Waals surface area (Å²) in [6, 6.07) is 13.6. The molecule has 0 aliphatic heterocycles. The van der Waals surface area contributed by atoms with Crippen LogP contribution >= 0.6 is 0 Å². The maximum Gasteiger partial charge on any atom is 0.273 e. The van der Waals surface area contributed by atoms with Crippen LogP contribution in [0.15, 0.2) is 48.5 Å². The second kappa shape index (κ2) is 9.41. The van der Waals surface area contributed by atoms with Gasteiger partial charge in [-0.05, 0) is 18.1 Å². The summed E-state index contributed by atoms with van der Waals surface area (Å²) in [5.74, 6) is 0.182. The number of methoxy groups -OCH3 is 1. The number of amides is 1. The number of ether oxygens (including phenoxy) is 2. The van der Waals surface area contributed by atoms with E-state index in [1.54, 1.807) is 0 Å². The van der Waals surface area contributed by atoms with Gasteiger partial charge in [-0.25, -0.2) is 0 Å². The van der Waals surface area contributed by atoms with Crippen molar-refractivity contribution in [2.75, 3.05) is 13.7 Å². The summed E-state index contributed by atoms with van der Waals surface area (Å²) in [5.41, 5.74) is 0.894. The molecule has 0 aliphatic carbocycles. The summed E-state index contributed by atoms with van der Waals surface area (Å²) in [5, 5.41) is 13.8. The Kier molecular flexibility index (Phi) is 6.96. The minimum atomic E-state index is -0.529. The summed E-state index contributed by atoms with van der Waals surface area (Å²) in [4.78, 5) is 22.6. The van der Waals surface area contributed by atoms with Crippen LogP contribution in [0.25, 0.3) is 0 Å². The fourth-order valence-corrected chi connectivity index (χ4v) is 2.57. The van der Waals surface area contributed by atoms with Gasteiger partial charge in [0.1, 0.15) is 0 Å². The van der Waals surface area contributed by atoms with Crippen molar-refractivity contribution in [2.45, 2.75) is 25.8 Å². The highest BCUT2D eigenvalue weighted by Crippen LogP contribution is 2.31. The molecule has 1 unspecified atom stereocenters. The molecule has 1 N–H and O–H groups in total. The molecule has 0 bridgehead atoms. The summed E-state index contributed by atoms with van der Waals surface area (Å²) in [7, 11) is 1.43. The quantitative estimate of drug-likeness (QED) is 0.546. The average molecular weight is 358 g/mol. The minimum absolute atomic E-state index is 0.107. The molecule has 2 rings (SSSR count). The van der Waals surface area contributed by atoms with Crippen molar-refractivity contribution in [2.24, 2.45) is 0 Å². The highest BCUT2D eigenvalue weighted by atomic mass is 16.6. The molecule has 0 aromatic heterocycles. The third-order valence-electron chi connectivity index (χ3n) is 3.83. The van der Waals surface area contributed by atoms with Crippen LogP contribution in [0.2, 0.25) is 0 Å². The Bertz CT molecular complexity index is 749. The molecular weight excluding hydrogens is 336 g/mol. The lowest BCUT2D eigenvalue weighted by Gasteiger charge is -2.19. The molecule has 7 heteroatoms. The van der Waals surface area contributed by atoms with E-state index in [0.29, 0.717) is 5.75 Å². The molecule has 2 aromatic rings. The third kappa shape index (κ3) is 5.20. The van der Waals surface area contributed by atoms with Gasteiger partial charge in [-0.15, -0.1) is 0 Å². The number of nitrogens with one attached hydrogen (secondary N) is 1. The predicted molar refractivity (Wildman–Crippen MR) is 97.4 cm³/mol. The van der Waals surface area contributed by atoms with Crippen LogP contribution in [0.4, 0.5) is 5.69 Å². The molecule has 1 amide bonds. The van der Waals surface area contributed by atoms with Crippen molar-refractivity contribution in [3.8, 4) is 11.5 Å². The van der Waals surface area contributed by atoms with E-state index in [1.165, 1.54) is 25.3 Å². The van der Waals surface area contributed by atoms with Gasteiger partial charge in [-0.2, -0.15) is 0 Å². The van der Waals surface area contributed by atoms with Gasteiger partial charge >= 0.3 is 0 Å². The van der Waals surface area contributed by atoms with E-state index in [-0.39, 0.29) is 30.0 Å². The SMILES string of the molecule is CCCC(NC(=O)COc1cc([N+](=O)[O-])ccc1OC)c1ccccc1. The van der Waals surface area contributed by atoms with E-state index in [9.17, 15) is 14.9 Å². The maximum atomic E-state index is 12.3. The van der Waals surface area contributed by atoms with Gasteiger partial charge in [0.25, 0.3) is 11.6 Å². The van der Waals surface area contributed by atoms with Crippen LogP contribution in [-0.4, -0.2) is 24.5 Å². The van der Waals surface area contributed by atoms with Crippen LogP contribution < -0.4 is 14.8 Å². The zero-order chi connectivity index (χ0) is 18.9. The second-order valence-electron chi connectivity index (χ2n) is 5.70. The Morgan fingerprint density at radius 2 is 1.92 bits per heavy atom. The maximum absolute atomic E-state index is 12.3. The summed E-state index contributed by atoms with van der Waals surface area (Å²) in [6.07, 6.45) is 1.72. The number of rotatable bonds is 9. The lowest BCUT2D eigenvalue weighted by Crippen LogP contribution is -2.32. The van der Waals surface area contributed by atoms with E-state index < -0.39 is 4.92 Å². The largest absolute Gasteiger partial charge is 0.493 e. The Hall–Kier alpha value is -3.09. The predicted octanol–water partition coefficient (Wildman–Crippen LogP) is 3.64. The van der Waals surface area contributed by atoms with Gasteiger partial charge in [0.15, 0.2) is 18.1 Å². The van der Waals surface area contributed by atoms with Gasteiger partial charge in [0, 0.05) is 6.07 Å². The van der Waals surface area contributed by atoms with Crippen LogP contribution in [0.1, 0.15) is 31.4 Å². The lowest BCUT2D eigenvalue weighted by molar-refractivity contribution is -0.385. The molecule has 0 heterocycles. The number of hydrogen-bond donors (Lipinski definition) is 1. The van der Waals surface area contributed by atoms with Crippen molar-refractivity contribution in [3.63, 3.8) is 0 Å². The van der Waals surface area contributed by atoms with Gasteiger partial charge in [-0.1, -0.05) is 43.7 Å². The molecule has 0 saturated heterocycles. The molecule has 1 atom stereocenters. The van der Waals surface area contributed by atoms with Crippen LogP contribution in [0.5, 0.6) is 11.5 Å². The number of non-ortho nitro benzene ring substituents is 1. The monoisotopic (exact) mass is 358 g/mol. The first kappa shape index (κ1) is 19.2. The topological polar surface area (TPSA) is 90.7 Å². The number of carbonyl (C=O) groups is 1. The Morgan fingerprint density at radius 3 is 2.54 bits per heavy atom. The van der Waals surface area contributed by atoms with Gasteiger partial charge in [-0.3, -0.25) is 14.9 Å². The molecule has 0 fully saturated rings. The summed E-state index contributed by atoms with van der Waals surface area (Å²) < 4.78 is 10.6. The van der Waals surface area contributed by atoms with Crippen molar-refractivity contribution < 1.29 is 19.2 Å². The molecule has 0 radical (unpaired) electrons. The first-order chi connectivity index (χ1) is 12.5. The van der Waals surface area contributed by atoms with Gasteiger partial charge in [0.2, 0.25) is 0 Å². The van der Waals surface area contributed by atoms with E-state index in [0.717, 1.165) is 18.4 Å². The van der Waals surface area contributed by atoms with Crippen molar-refractivity contribution >= 4 is 11.6 Å². The van der Waals surface area contributed by atoms with Crippen LogP contribution in [0, 0.1) is 10.1 Å². The molecule has 0 aliphatic rings. The normalized spacial score (nSPS) is 11.5. The van der Waals surface area contributed by atoms with Gasteiger partial charge in [0.05, 0.1) is 24.1 Å². The van der Waals surface area contributed by atoms with E-state index in [4.69, 9.17) is 9.47 Å². The van der Waals surface area contributed by atoms with E-state index >= 15 is 0 Å². The second-order valence-corrected chi connectivity index (χ2v) is 5.70. The fraction of sp³-hybridized carbons (Fsp3) is 0.316. The molecule has 7 nitrogen and oxygen atoms in total. The minimum Gasteiger partial charge on any atom is -0.493 e. The van der Waals surface area contributed by atoms with Crippen molar-refractivity contribution in [1.29, 1.82) is 0 Å². The number of nitrogens with zero attached hydrogens (tertiary/aromatic N) is 1. The molecular formula is C19H22N2O5. The highest BCUT2D eigenvalue weighted by molar-refractivity contribution is 5.78. The number of benzene rings is 2. The summed E-state index contributed by atoms with van der Waals surface area (Å²) in [6.45, 7) is 1.79. The smallest absolute Gasteiger partial charge is 0.273 e. The Labute approximate surface area is 152 Å². The molecule has 138 valence electrons. The van der Waals surface area contributed by atoms with Gasteiger partial charge < -0.3 is 14.8 Å². The van der Waals surface area contributed by atoms with E-state index in [2.05, 4.69) is 5.32 Å². The summed E-state index contributed by atoms with van der Waals surface area (Å²) >= 11 is 0. The third-order valence-corrected chi connectivity index (χ3v) is 3.83. The fourth-order valence-electron chi connectivity index (χ4n) is 2.57. The van der Waals surface area contributed by atoms with Crippen LogP contribution in [0.3, 0.4) is 0 Å². The Morgan fingerprint density at radius 1 is 1.19 bits per heavy atom. The lowest BCUT2D eigenvalue weighted by atomic mass is 10.0. The molecule has 2 aromatic carbocycles. The van der Waals surface area contributed by atoms with Crippen molar-refractivity contribution in [1.82, 2.24) is 5.32 Å². The number of carbonyl (C=O) groups excluding carboxylic acids is 1. The zero-order valence-electron chi connectivity index (χ0n) is 14.8. The average Bonchev–Trinajstić information content (AvgIpc) is 2.66. The standard InChI is InChI=1S/C19H22N2O5/c1-3-7-16(14-8-5-4-6-9-14)20-19(22)13-26-18-12-15(21(23)24)10-11-17(18)25-2/h4-6,8-12,16H,3,7,13H2,1-2H3,(H,20,22). The molecule has 0 saturated carbocycles. The van der Waals surface area contributed by atoms with Crippen molar-refractivity contribution in [3.05, 3.63) is 64.2 Å². The van der Waals surface area contributed by atoms with Crippen LogP contribution in [-0.2, 0) is 4.79 Å². The number of hydrogen-bond acceptors (Lipinski definition) is 5. The Balaban J connectivity index is 2.03. The molecule has 26 heavy (non-hydrogen) atoms. The van der Waals surface area contributed by atoms with E-state index in [1.807, 2.05) is 37.3 Å².